The topological polar surface area (TPSA) is 72.2 Å². The highest BCUT2D eigenvalue weighted by molar-refractivity contribution is 7.89. The summed E-state index contributed by atoms with van der Waals surface area (Å²) in [6, 6.07) is 12.2. The Morgan fingerprint density at radius 3 is 2.60 bits per heavy atom. The van der Waals surface area contributed by atoms with Crippen LogP contribution in [-0.4, -0.2) is 8.42 Å². The Bertz CT molecular complexity index is 730. The molecule has 106 valence electrons. The zero-order valence-electron chi connectivity index (χ0n) is 10.9. The maximum Gasteiger partial charge on any atom is 0.238 e. The Morgan fingerprint density at radius 1 is 1.20 bits per heavy atom. The Hall–Kier alpha value is -1.56. The molecule has 0 aliphatic carbocycles. The molecule has 2 aromatic rings. The van der Waals surface area contributed by atoms with Gasteiger partial charge in [0.1, 0.15) is 0 Å². The van der Waals surface area contributed by atoms with Gasteiger partial charge in [-0.25, -0.2) is 13.6 Å². The molecule has 0 aliphatic heterocycles. The first kappa shape index (κ1) is 14.8. The van der Waals surface area contributed by atoms with E-state index in [-0.39, 0.29) is 4.90 Å². The fraction of sp³-hybridized carbons (Fsp3) is 0.143. The summed E-state index contributed by atoms with van der Waals surface area (Å²) in [5.74, 6) is 0. The standard InChI is InChI=1S/C14H15ClN2O2S/c1-10-5-6-13(20(16,18)19)8-14(10)17-9-11-3-2-4-12(15)7-11/h2-8,17H,9H2,1H3,(H2,16,18,19). The normalized spacial score (nSPS) is 11.3. The van der Waals surface area contributed by atoms with Crippen molar-refractivity contribution >= 4 is 27.3 Å². The molecule has 0 aromatic heterocycles. The molecule has 0 aliphatic rings. The molecule has 0 radical (unpaired) electrons. The molecule has 3 N–H and O–H groups in total. The molecule has 0 saturated heterocycles. The van der Waals surface area contributed by atoms with E-state index in [9.17, 15) is 8.42 Å². The van der Waals surface area contributed by atoms with Crippen molar-refractivity contribution < 1.29 is 8.42 Å². The van der Waals surface area contributed by atoms with Gasteiger partial charge in [0.15, 0.2) is 0 Å². The Kier molecular flexibility index (Phi) is 4.32. The molecule has 4 nitrogen and oxygen atoms in total. The number of anilines is 1. The third kappa shape index (κ3) is 3.72. The predicted molar refractivity (Wildman–Crippen MR) is 81.3 cm³/mol. The maximum atomic E-state index is 11.3. The lowest BCUT2D eigenvalue weighted by molar-refractivity contribution is 0.598. The van der Waals surface area contributed by atoms with Crippen molar-refractivity contribution in [2.24, 2.45) is 5.14 Å². The van der Waals surface area contributed by atoms with Gasteiger partial charge in [-0.15, -0.1) is 0 Å². The van der Waals surface area contributed by atoms with E-state index in [1.165, 1.54) is 12.1 Å². The first-order valence-electron chi connectivity index (χ1n) is 5.98. The van der Waals surface area contributed by atoms with E-state index < -0.39 is 10.0 Å². The van der Waals surface area contributed by atoms with Crippen LogP contribution in [0, 0.1) is 6.92 Å². The van der Waals surface area contributed by atoms with Gasteiger partial charge in [0, 0.05) is 17.3 Å². The monoisotopic (exact) mass is 310 g/mol. The van der Waals surface area contributed by atoms with Crippen LogP contribution < -0.4 is 10.5 Å². The molecule has 0 atom stereocenters. The van der Waals surface area contributed by atoms with E-state index in [1.54, 1.807) is 12.1 Å². The van der Waals surface area contributed by atoms with Crippen LogP contribution in [0.15, 0.2) is 47.4 Å². The molecule has 0 unspecified atom stereocenters. The SMILES string of the molecule is Cc1ccc(S(N)(=O)=O)cc1NCc1cccc(Cl)c1. The number of hydrogen-bond donors (Lipinski definition) is 2. The van der Waals surface area contributed by atoms with Crippen molar-refractivity contribution in [3.8, 4) is 0 Å². The maximum absolute atomic E-state index is 11.3. The van der Waals surface area contributed by atoms with Crippen LogP contribution in [0.25, 0.3) is 0 Å². The van der Waals surface area contributed by atoms with Crippen LogP contribution in [0.4, 0.5) is 5.69 Å². The minimum Gasteiger partial charge on any atom is -0.381 e. The summed E-state index contributed by atoms with van der Waals surface area (Å²) < 4.78 is 22.7. The molecule has 2 rings (SSSR count). The lowest BCUT2D eigenvalue weighted by Gasteiger charge is -2.11. The fourth-order valence-electron chi connectivity index (χ4n) is 1.81. The van der Waals surface area contributed by atoms with Gasteiger partial charge in [-0.05, 0) is 42.3 Å². The third-order valence-corrected chi connectivity index (χ3v) is 4.06. The molecule has 0 fully saturated rings. The average molecular weight is 311 g/mol. The number of halogens is 1. The Labute approximate surface area is 123 Å². The zero-order chi connectivity index (χ0) is 14.8. The van der Waals surface area contributed by atoms with Gasteiger partial charge in [0.25, 0.3) is 0 Å². The van der Waals surface area contributed by atoms with Gasteiger partial charge >= 0.3 is 0 Å². The number of nitrogens with one attached hydrogen (secondary N) is 1. The van der Waals surface area contributed by atoms with Crippen molar-refractivity contribution in [2.45, 2.75) is 18.4 Å². The van der Waals surface area contributed by atoms with Gasteiger partial charge in [-0.3, -0.25) is 0 Å². The quantitative estimate of drug-likeness (QED) is 0.912. The Morgan fingerprint density at radius 2 is 1.95 bits per heavy atom. The van der Waals surface area contributed by atoms with Crippen LogP contribution >= 0.6 is 11.6 Å². The highest BCUT2D eigenvalue weighted by atomic mass is 35.5. The summed E-state index contributed by atoms with van der Waals surface area (Å²) in [5.41, 5.74) is 2.69. The van der Waals surface area contributed by atoms with Crippen molar-refractivity contribution in [1.29, 1.82) is 0 Å². The first-order valence-corrected chi connectivity index (χ1v) is 7.90. The van der Waals surface area contributed by atoms with E-state index in [1.807, 2.05) is 25.1 Å². The van der Waals surface area contributed by atoms with Gasteiger partial charge in [-0.2, -0.15) is 0 Å². The van der Waals surface area contributed by atoms with Crippen LogP contribution in [-0.2, 0) is 16.6 Å². The summed E-state index contributed by atoms with van der Waals surface area (Å²) >= 11 is 5.92. The fourth-order valence-corrected chi connectivity index (χ4v) is 2.57. The second-order valence-electron chi connectivity index (χ2n) is 4.51. The third-order valence-electron chi connectivity index (χ3n) is 2.91. The van der Waals surface area contributed by atoms with E-state index >= 15 is 0 Å². The molecule has 0 bridgehead atoms. The van der Waals surface area contributed by atoms with Crippen molar-refractivity contribution in [2.75, 3.05) is 5.32 Å². The predicted octanol–water partition coefficient (Wildman–Crippen LogP) is 2.91. The number of sulfonamides is 1. The van der Waals surface area contributed by atoms with Crippen molar-refractivity contribution in [1.82, 2.24) is 0 Å². The van der Waals surface area contributed by atoms with E-state index in [2.05, 4.69) is 5.32 Å². The van der Waals surface area contributed by atoms with Gasteiger partial charge < -0.3 is 5.32 Å². The number of nitrogens with two attached hydrogens (primary N) is 1. The number of rotatable bonds is 4. The number of aryl methyl sites for hydroxylation is 1. The lowest BCUT2D eigenvalue weighted by atomic mass is 10.2. The van der Waals surface area contributed by atoms with Crippen LogP contribution in [0.1, 0.15) is 11.1 Å². The average Bonchev–Trinajstić information content (AvgIpc) is 2.36. The number of hydrogen-bond acceptors (Lipinski definition) is 3. The van der Waals surface area contributed by atoms with E-state index in [0.29, 0.717) is 11.6 Å². The van der Waals surface area contributed by atoms with Crippen molar-refractivity contribution in [3.05, 3.63) is 58.6 Å². The minimum atomic E-state index is -3.69. The summed E-state index contributed by atoms with van der Waals surface area (Å²) in [5, 5.41) is 8.99. The molecule has 2 aromatic carbocycles. The summed E-state index contributed by atoms with van der Waals surface area (Å²) in [7, 11) is -3.69. The molecular formula is C14H15ClN2O2S. The van der Waals surface area contributed by atoms with Gasteiger partial charge in [-0.1, -0.05) is 29.8 Å². The highest BCUT2D eigenvalue weighted by Gasteiger charge is 2.09. The van der Waals surface area contributed by atoms with Crippen LogP contribution in [0.3, 0.4) is 0 Å². The van der Waals surface area contributed by atoms with E-state index in [0.717, 1.165) is 16.8 Å². The molecule has 20 heavy (non-hydrogen) atoms. The minimum absolute atomic E-state index is 0.0942. The zero-order valence-corrected chi connectivity index (χ0v) is 12.5. The molecule has 0 heterocycles. The van der Waals surface area contributed by atoms with Crippen LogP contribution in [0.2, 0.25) is 5.02 Å². The highest BCUT2D eigenvalue weighted by Crippen LogP contribution is 2.20. The summed E-state index contributed by atoms with van der Waals surface area (Å²) in [6.07, 6.45) is 0. The largest absolute Gasteiger partial charge is 0.381 e. The molecular weight excluding hydrogens is 296 g/mol. The van der Waals surface area contributed by atoms with Gasteiger partial charge in [0.2, 0.25) is 10.0 Å². The molecule has 6 heteroatoms. The summed E-state index contributed by atoms with van der Waals surface area (Å²) in [4.78, 5) is 0.0942. The van der Waals surface area contributed by atoms with Crippen molar-refractivity contribution in [3.63, 3.8) is 0 Å². The lowest BCUT2D eigenvalue weighted by Crippen LogP contribution is -2.13. The molecule has 0 saturated carbocycles. The number of primary sulfonamides is 1. The molecule has 0 amide bonds. The van der Waals surface area contributed by atoms with Crippen LogP contribution in [0.5, 0.6) is 0 Å². The number of benzene rings is 2. The Balaban J connectivity index is 2.21. The first-order chi connectivity index (χ1) is 9.36. The molecule has 0 spiro atoms. The van der Waals surface area contributed by atoms with Gasteiger partial charge in [0.05, 0.1) is 4.90 Å². The second kappa shape index (κ2) is 5.83. The smallest absolute Gasteiger partial charge is 0.238 e. The summed E-state index contributed by atoms with van der Waals surface area (Å²) in [6.45, 7) is 2.45. The van der Waals surface area contributed by atoms with E-state index in [4.69, 9.17) is 16.7 Å². The second-order valence-corrected chi connectivity index (χ2v) is 6.50.